The highest BCUT2D eigenvalue weighted by Crippen LogP contribution is 2.35. The van der Waals surface area contributed by atoms with Gasteiger partial charge in [-0.1, -0.05) is 42.5 Å². The summed E-state index contributed by atoms with van der Waals surface area (Å²) in [7, 11) is 2.21. The molecule has 0 spiro atoms. The topological polar surface area (TPSA) is 6.48 Å². The fraction of sp³-hybridized carbons (Fsp3) is 0.375. The van der Waals surface area contributed by atoms with Gasteiger partial charge in [0, 0.05) is 5.69 Å². The zero-order chi connectivity index (χ0) is 12.7. The van der Waals surface area contributed by atoms with E-state index in [-0.39, 0.29) is 0 Å². The van der Waals surface area contributed by atoms with Gasteiger partial charge in [-0.05, 0) is 32.5 Å². The van der Waals surface area contributed by atoms with Crippen molar-refractivity contribution in [3.63, 3.8) is 0 Å². The SMILES string of the molecule is Cc1ccccc1N1C2C=CC=CC2N(C)[C@@H]1C. The molecule has 0 aromatic heterocycles. The van der Waals surface area contributed by atoms with Crippen molar-refractivity contribution in [2.45, 2.75) is 32.1 Å². The lowest BCUT2D eigenvalue weighted by molar-refractivity contribution is 0.285. The van der Waals surface area contributed by atoms with Crippen LogP contribution in [0.4, 0.5) is 5.69 Å². The number of likely N-dealkylation sites (N-methyl/N-ethyl adjacent to an activating group) is 1. The predicted molar refractivity (Wildman–Crippen MR) is 76.7 cm³/mol. The quantitative estimate of drug-likeness (QED) is 0.744. The smallest absolute Gasteiger partial charge is 0.0802 e. The molecule has 18 heavy (non-hydrogen) atoms. The second-order valence-electron chi connectivity index (χ2n) is 5.24. The minimum Gasteiger partial charge on any atom is -0.347 e. The molecule has 3 atom stereocenters. The Kier molecular flexibility index (Phi) is 2.75. The second-order valence-corrected chi connectivity index (χ2v) is 5.24. The van der Waals surface area contributed by atoms with Crippen LogP contribution >= 0.6 is 0 Å². The highest BCUT2D eigenvalue weighted by Gasteiger charge is 2.41. The second kappa shape index (κ2) is 4.29. The number of hydrogen-bond donors (Lipinski definition) is 0. The summed E-state index contributed by atoms with van der Waals surface area (Å²) in [6.45, 7) is 4.48. The van der Waals surface area contributed by atoms with Crippen LogP contribution in [0.1, 0.15) is 12.5 Å². The van der Waals surface area contributed by atoms with Crippen LogP contribution < -0.4 is 4.90 Å². The molecule has 0 bridgehead atoms. The third kappa shape index (κ3) is 1.60. The van der Waals surface area contributed by atoms with E-state index in [0.29, 0.717) is 18.2 Å². The average molecular weight is 240 g/mol. The van der Waals surface area contributed by atoms with Crippen molar-refractivity contribution < 1.29 is 0 Å². The minimum absolute atomic E-state index is 0.425. The van der Waals surface area contributed by atoms with Gasteiger partial charge in [0.15, 0.2) is 0 Å². The highest BCUT2D eigenvalue weighted by atomic mass is 15.4. The van der Waals surface area contributed by atoms with E-state index in [4.69, 9.17) is 0 Å². The molecule has 3 rings (SSSR count). The van der Waals surface area contributed by atoms with Gasteiger partial charge in [0.2, 0.25) is 0 Å². The molecule has 1 aliphatic heterocycles. The number of hydrogen-bond acceptors (Lipinski definition) is 2. The van der Waals surface area contributed by atoms with Crippen LogP contribution in [-0.2, 0) is 0 Å². The Labute approximate surface area is 109 Å². The van der Waals surface area contributed by atoms with Gasteiger partial charge < -0.3 is 4.90 Å². The number of benzene rings is 1. The van der Waals surface area contributed by atoms with Crippen molar-refractivity contribution in [3.05, 3.63) is 54.1 Å². The normalized spacial score (nSPS) is 30.8. The Morgan fingerprint density at radius 2 is 1.67 bits per heavy atom. The Hall–Kier alpha value is -1.54. The Balaban J connectivity index is 2.04. The van der Waals surface area contributed by atoms with E-state index in [2.05, 4.69) is 79.3 Å². The van der Waals surface area contributed by atoms with Crippen LogP contribution in [0.25, 0.3) is 0 Å². The average Bonchev–Trinajstić information content (AvgIpc) is 2.64. The lowest BCUT2D eigenvalue weighted by atomic mass is 10.0. The van der Waals surface area contributed by atoms with Gasteiger partial charge in [-0.2, -0.15) is 0 Å². The molecule has 0 N–H and O–H groups in total. The summed E-state index contributed by atoms with van der Waals surface area (Å²) < 4.78 is 0. The summed E-state index contributed by atoms with van der Waals surface area (Å²) in [5.74, 6) is 0. The van der Waals surface area contributed by atoms with E-state index in [9.17, 15) is 0 Å². The zero-order valence-electron chi connectivity index (χ0n) is 11.2. The standard InChI is InChI=1S/C16H20N2/c1-12-8-4-5-9-14(12)18-13(2)17(3)15-10-6-7-11-16(15)18/h4-11,13,15-16H,1-3H3/t13-,15?,16?/m0/s1. The lowest BCUT2D eigenvalue weighted by Crippen LogP contribution is -2.37. The van der Waals surface area contributed by atoms with Crippen LogP contribution in [0.3, 0.4) is 0 Å². The first-order valence-electron chi connectivity index (χ1n) is 6.61. The van der Waals surface area contributed by atoms with E-state index in [1.165, 1.54) is 11.3 Å². The van der Waals surface area contributed by atoms with Crippen LogP contribution in [0.2, 0.25) is 0 Å². The maximum absolute atomic E-state index is 2.53. The first-order chi connectivity index (χ1) is 8.70. The van der Waals surface area contributed by atoms with Gasteiger partial charge >= 0.3 is 0 Å². The summed E-state index contributed by atoms with van der Waals surface area (Å²) in [4.78, 5) is 4.97. The van der Waals surface area contributed by atoms with E-state index >= 15 is 0 Å². The summed E-state index contributed by atoms with van der Waals surface area (Å²) in [6, 6.07) is 9.61. The molecule has 1 saturated heterocycles. The van der Waals surface area contributed by atoms with Crippen LogP contribution in [0.5, 0.6) is 0 Å². The van der Waals surface area contributed by atoms with Gasteiger partial charge in [-0.25, -0.2) is 0 Å². The molecule has 2 nitrogen and oxygen atoms in total. The third-order valence-electron chi connectivity index (χ3n) is 4.25. The fourth-order valence-corrected chi connectivity index (χ4v) is 3.13. The molecule has 2 unspecified atom stereocenters. The van der Waals surface area contributed by atoms with Crippen molar-refractivity contribution in [2.24, 2.45) is 0 Å². The molecule has 1 aromatic carbocycles. The predicted octanol–water partition coefficient (Wildman–Crippen LogP) is 2.96. The van der Waals surface area contributed by atoms with Gasteiger partial charge in [-0.15, -0.1) is 0 Å². The van der Waals surface area contributed by atoms with E-state index < -0.39 is 0 Å². The minimum atomic E-state index is 0.425. The molecule has 0 radical (unpaired) electrons. The van der Waals surface area contributed by atoms with E-state index in [1.807, 2.05) is 0 Å². The van der Waals surface area contributed by atoms with Gasteiger partial charge in [0.05, 0.1) is 18.2 Å². The van der Waals surface area contributed by atoms with Gasteiger partial charge in [0.25, 0.3) is 0 Å². The molecule has 1 aromatic rings. The van der Waals surface area contributed by atoms with Crippen molar-refractivity contribution in [3.8, 4) is 0 Å². The monoisotopic (exact) mass is 240 g/mol. The van der Waals surface area contributed by atoms with Gasteiger partial charge in [-0.3, -0.25) is 4.90 Å². The number of anilines is 1. The molecule has 1 aliphatic carbocycles. The van der Waals surface area contributed by atoms with Gasteiger partial charge in [0.1, 0.15) is 0 Å². The van der Waals surface area contributed by atoms with E-state index in [1.54, 1.807) is 0 Å². The van der Waals surface area contributed by atoms with Crippen molar-refractivity contribution >= 4 is 5.69 Å². The number of fused-ring (bicyclic) bond motifs is 1. The first-order valence-corrected chi connectivity index (χ1v) is 6.61. The summed E-state index contributed by atoms with van der Waals surface area (Å²) in [5, 5.41) is 0. The molecule has 1 heterocycles. The largest absolute Gasteiger partial charge is 0.347 e. The number of aryl methyl sites for hydroxylation is 1. The molecule has 0 amide bonds. The Morgan fingerprint density at radius 1 is 1.00 bits per heavy atom. The Bertz CT molecular complexity index is 504. The third-order valence-corrected chi connectivity index (χ3v) is 4.25. The number of para-hydroxylation sites is 1. The molecular formula is C16H20N2. The number of allylic oxidation sites excluding steroid dienone is 2. The molecular weight excluding hydrogens is 220 g/mol. The number of rotatable bonds is 1. The highest BCUT2D eigenvalue weighted by molar-refractivity contribution is 5.57. The van der Waals surface area contributed by atoms with Crippen molar-refractivity contribution in [2.75, 3.05) is 11.9 Å². The van der Waals surface area contributed by atoms with Crippen LogP contribution in [0, 0.1) is 6.92 Å². The zero-order valence-corrected chi connectivity index (χ0v) is 11.2. The maximum Gasteiger partial charge on any atom is 0.0802 e. The fourth-order valence-electron chi connectivity index (χ4n) is 3.13. The molecule has 94 valence electrons. The van der Waals surface area contributed by atoms with Crippen molar-refractivity contribution in [1.29, 1.82) is 0 Å². The van der Waals surface area contributed by atoms with Crippen LogP contribution in [0.15, 0.2) is 48.6 Å². The molecule has 0 saturated carbocycles. The summed E-state index contributed by atoms with van der Waals surface area (Å²) >= 11 is 0. The Morgan fingerprint density at radius 3 is 2.39 bits per heavy atom. The molecule has 2 heteroatoms. The van der Waals surface area contributed by atoms with E-state index in [0.717, 1.165) is 0 Å². The van der Waals surface area contributed by atoms with Crippen molar-refractivity contribution in [1.82, 2.24) is 4.90 Å². The first kappa shape index (κ1) is 11.5. The summed E-state index contributed by atoms with van der Waals surface area (Å²) in [6.07, 6.45) is 9.37. The summed E-state index contributed by atoms with van der Waals surface area (Å²) in [5.41, 5.74) is 2.70. The lowest BCUT2D eigenvalue weighted by Gasteiger charge is -2.31. The van der Waals surface area contributed by atoms with Crippen LogP contribution in [-0.4, -0.2) is 30.2 Å². The molecule has 1 fully saturated rings. The maximum atomic E-state index is 2.53. The number of nitrogens with zero attached hydrogens (tertiary/aromatic N) is 2. The molecule has 2 aliphatic rings.